The molecular formula is C3H9NS. The summed E-state index contributed by atoms with van der Waals surface area (Å²) in [5, 5.41) is 0. The second-order valence-electron chi connectivity index (χ2n) is 1.16. The van der Waals surface area contributed by atoms with Crippen molar-refractivity contribution in [3.8, 4) is 0 Å². The van der Waals surface area contributed by atoms with Gasteiger partial charge in [0.15, 0.2) is 0 Å². The van der Waals surface area contributed by atoms with Gasteiger partial charge in [-0.05, 0) is 6.92 Å². The maximum Gasteiger partial charge on any atom is 0.00989 e. The third-order valence-electron chi connectivity index (χ3n) is 0.288. The van der Waals surface area contributed by atoms with Crippen molar-refractivity contribution in [2.75, 3.05) is 5.75 Å². The summed E-state index contributed by atoms with van der Waals surface area (Å²) in [5.41, 5.74) is 5.22. The number of rotatable bonds is 1. The molecule has 0 saturated heterocycles. The minimum atomic E-state index is 0.248. The fourth-order valence-corrected chi connectivity index (χ4v) is 0. The number of nitrogens with two attached hydrogens (primary N) is 1. The topological polar surface area (TPSA) is 26.0 Å². The summed E-state index contributed by atoms with van der Waals surface area (Å²) in [4.78, 5) is 0. The summed E-state index contributed by atoms with van der Waals surface area (Å²) in [6, 6.07) is 0.248. The van der Waals surface area contributed by atoms with Gasteiger partial charge in [-0.2, -0.15) is 12.6 Å². The van der Waals surface area contributed by atoms with E-state index in [1.54, 1.807) is 0 Å². The van der Waals surface area contributed by atoms with Crippen molar-refractivity contribution in [3.63, 3.8) is 0 Å². The van der Waals surface area contributed by atoms with E-state index in [1.165, 1.54) is 0 Å². The van der Waals surface area contributed by atoms with E-state index in [-0.39, 0.29) is 6.04 Å². The van der Waals surface area contributed by atoms with Crippen LogP contribution in [0.1, 0.15) is 6.92 Å². The lowest BCUT2D eigenvalue weighted by Gasteiger charge is -1.91. The maximum absolute atomic E-state index is 5.22. The molecule has 2 N–H and O–H groups in total. The Balaban J connectivity index is 2.54. The molecule has 0 amide bonds. The minimum Gasteiger partial charge on any atom is -0.327 e. The summed E-state index contributed by atoms with van der Waals surface area (Å²) < 4.78 is 0. The molecule has 0 aromatic carbocycles. The highest BCUT2D eigenvalue weighted by molar-refractivity contribution is 7.80. The quantitative estimate of drug-likeness (QED) is 0.445. The Labute approximate surface area is 38.0 Å². The molecule has 0 bridgehead atoms. The molecule has 0 radical (unpaired) electrons. The van der Waals surface area contributed by atoms with E-state index in [9.17, 15) is 0 Å². The third kappa shape index (κ3) is 4.31. The SMILES string of the molecule is CC(N)CS. The second kappa shape index (κ2) is 2.54. The van der Waals surface area contributed by atoms with Crippen LogP contribution in [-0.4, -0.2) is 11.8 Å². The molecule has 0 aliphatic carbocycles. The first-order chi connectivity index (χ1) is 2.27. The highest BCUT2D eigenvalue weighted by Crippen LogP contribution is 1.75. The van der Waals surface area contributed by atoms with Crippen LogP contribution in [0.4, 0.5) is 0 Å². The molecule has 1 atom stereocenters. The highest BCUT2D eigenvalue weighted by atomic mass is 32.1. The molecule has 0 fully saturated rings. The molecule has 5 heavy (non-hydrogen) atoms. The van der Waals surface area contributed by atoms with Gasteiger partial charge in [-0.3, -0.25) is 0 Å². The average molecular weight is 91.2 g/mol. The lowest BCUT2D eigenvalue weighted by molar-refractivity contribution is 0.850. The first-order valence-electron chi connectivity index (χ1n) is 1.64. The Morgan fingerprint density at radius 1 is 2.00 bits per heavy atom. The van der Waals surface area contributed by atoms with Gasteiger partial charge in [0.05, 0.1) is 0 Å². The van der Waals surface area contributed by atoms with Crippen molar-refractivity contribution >= 4 is 12.6 Å². The highest BCUT2D eigenvalue weighted by Gasteiger charge is 1.80. The van der Waals surface area contributed by atoms with E-state index >= 15 is 0 Å². The molecule has 0 heterocycles. The summed E-state index contributed by atoms with van der Waals surface area (Å²) in [6.07, 6.45) is 0. The van der Waals surface area contributed by atoms with Crippen LogP contribution >= 0.6 is 12.6 Å². The van der Waals surface area contributed by atoms with Crippen molar-refractivity contribution in [2.45, 2.75) is 13.0 Å². The molecule has 0 aliphatic rings. The fourth-order valence-electron chi connectivity index (χ4n) is 0. The monoisotopic (exact) mass is 91.0 g/mol. The van der Waals surface area contributed by atoms with Gasteiger partial charge < -0.3 is 5.73 Å². The largest absolute Gasteiger partial charge is 0.327 e. The van der Waals surface area contributed by atoms with E-state index in [0.29, 0.717) is 0 Å². The second-order valence-corrected chi connectivity index (χ2v) is 1.53. The van der Waals surface area contributed by atoms with Crippen LogP contribution in [-0.2, 0) is 0 Å². The zero-order valence-electron chi connectivity index (χ0n) is 3.31. The Kier molecular flexibility index (Phi) is 2.70. The van der Waals surface area contributed by atoms with Gasteiger partial charge in [-0.1, -0.05) is 0 Å². The smallest absolute Gasteiger partial charge is 0.00989 e. The van der Waals surface area contributed by atoms with Gasteiger partial charge in [0.2, 0.25) is 0 Å². The number of thiol groups is 1. The summed E-state index contributed by atoms with van der Waals surface area (Å²) >= 11 is 3.89. The molecular weight excluding hydrogens is 82.1 g/mol. The predicted octanol–water partition coefficient (Wildman–Crippen LogP) is 0.263. The van der Waals surface area contributed by atoms with Crippen molar-refractivity contribution in [1.82, 2.24) is 0 Å². The maximum atomic E-state index is 5.22. The molecule has 0 rings (SSSR count). The molecule has 2 heteroatoms. The van der Waals surface area contributed by atoms with Crippen LogP contribution < -0.4 is 5.73 Å². The Morgan fingerprint density at radius 2 is 2.20 bits per heavy atom. The zero-order chi connectivity index (χ0) is 4.28. The fraction of sp³-hybridized carbons (Fsp3) is 1.00. The first-order valence-corrected chi connectivity index (χ1v) is 2.27. The lowest BCUT2D eigenvalue weighted by Crippen LogP contribution is -2.15. The van der Waals surface area contributed by atoms with Crippen LogP contribution in [0.2, 0.25) is 0 Å². The summed E-state index contributed by atoms with van der Waals surface area (Å²) in [5.74, 6) is 0.778. The lowest BCUT2D eigenvalue weighted by atomic mass is 10.4. The van der Waals surface area contributed by atoms with Gasteiger partial charge in [0, 0.05) is 11.8 Å². The van der Waals surface area contributed by atoms with Crippen molar-refractivity contribution in [2.24, 2.45) is 5.73 Å². The van der Waals surface area contributed by atoms with Crippen LogP contribution in [0.15, 0.2) is 0 Å². The van der Waals surface area contributed by atoms with E-state index in [2.05, 4.69) is 12.6 Å². The molecule has 0 spiro atoms. The summed E-state index contributed by atoms with van der Waals surface area (Å²) in [6.45, 7) is 1.92. The first kappa shape index (κ1) is 5.31. The number of hydrogen-bond donors (Lipinski definition) is 2. The average Bonchev–Trinajstić information content (AvgIpc) is 1.38. The van der Waals surface area contributed by atoms with Crippen LogP contribution in [0, 0.1) is 0 Å². The molecule has 0 saturated carbocycles. The zero-order valence-corrected chi connectivity index (χ0v) is 4.20. The summed E-state index contributed by atoms with van der Waals surface area (Å²) in [7, 11) is 0. The molecule has 0 aliphatic heterocycles. The predicted molar refractivity (Wildman–Crippen MR) is 27.5 cm³/mol. The Morgan fingerprint density at radius 3 is 2.20 bits per heavy atom. The van der Waals surface area contributed by atoms with Gasteiger partial charge >= 0.3 is 0 Å². The van der Waals surface area contributed by atoms with Crippen molar-refractivity contribution < 1.29 is 0 Å². The van der Waals surface area contributed by atoms with Gasteiger partial charge in [0.1, 0.15) is 0 Å². The molecule has 0 aromatic rings. The van der Waals surface area contributed by atoms with E-state index in [4.69, 9.17) is 5.73 Å². The molecule has 1 unspecified atom stereocenters. The van der Waals surface area contributed by atoms with Crippen molar-refractivity contribution in [3.05, 3.63) is 0 Å². The minimum absolute atomic E-state index is 0.248. The standard InChI is InChI=1S/C3H9NS/c1-3(4)2-5/h3,5H,2,4H2,1H3. The van der Waals surface area contributed by atoms with E-state index < -0.39 is 0 Å². The molecule has 0 aromatic heterocycles. The Hall–Kier alpha value is 0.310. The van der Waals surface area contributed by atoms with Gasteiger partial charge in [0.25, 0.3) is 0 Å². The molecule has 32 valence electrons. The van der Waals surface area contributed by atoms with Crippen LogP contribution in [0.5, 0.6) is 0 Å². The van der Waals surface area contributed by atoms with E-state index in [0.717, 1.165) is 5.75 Å². The number of hydrogen-bond acceptors (Lipinski definition) is 2. The third-order valence-corrected chi connectivity index (χ3v) is 0.864. The van der Waals surface area contributed by atoms with Crippen LogP contribution in [0.3, 0.4) is 0 Å². The van der Waals surface area contributed by atoms with E-state index in [1.807, 2.05) is 6.92 Å². The molecule has 1 nitrogen and oxygen atoms in total. The van der Waals surface area contributed by atoms with Crippen LogP contribution in [0.25, 0.3) is 0 Å². The van der Waals surface area contributed by atoms with Crippen molar-refractivity contribution in [1.29, 1.82) is 0 Å². The Bertz CT molecular complexity index is 20.9. The normalized spacial score (nSPS) is 15.0. The van der Waals surface area contributed by atoms with Gasteiger partial charge in [-0.15, -0.1) is 0 Å². The van der Waals surface area contributed by atoms with Gasteiger partial charge in [-0.25, -0.2) is 0 Å².